The summed E-state index contributed by atoms with van der Waals surface area (Å²) in [6, 6.07) is 0. The monoisotopic (exact) mass is 402 g/mol. The molecule has 5 aliphatic rings. The number of rotatable bonds is 3. The molecule has 156 valence electrons. The predicted octanol–water partition coefficient (Wildman–Crippen LogP) is 3.12. The van der Waals surface area contributed by atoms with Gasteiger partial charge in [-0.05, 0) is 67.6 Å². The van der Waals surface area contributed by atoms with Crippen LogP contribution in [0.25, 0.3) is 0 Å². The normalized spacial score (nSPS) is 49.3. The van der Waals surface area contributed by atoms with Gasteiger partial charge in [0.15, 0.2) is 11.6 Å². The van der Waals surface area contributed by atoms with Gasteiger partial charge in [0, 0.05) is 18.3 Å². The van der Waals surface area contributed by atoms with Crippen molar-refractivity contribution in [3.63, 3.8) is 0 Å². The number of carbonyl (C=O) groups excluding carboxylic acids is 3. The van der Waals surface area contributed by atoms with E-state index in [0.717, 1.165) is 19.3 Å². The van der Waals surface area contributed by atoms with Crippen LogP contribution in [0, 0.1) is 28.6 Å². The van der Waals surface area contributed by atoms with Crippen molar-refractivity contribution in [2.45, 2.75) is 64.3 Å². The van der Waals surface area contributed by atoms with Gasteiger partial charge >= 0.3 is 5.97 Å². The van der Waals surface area contributed by atoms with Crippen molar-refractivity contribution in [3.8, 4) is 0 Å². The highest BCUT2D eigenvalue weighted by molar-refractivity contribution is 6.01. The van der Waals surface area contributed by atoms with Crippen molar-refractivity contribution in [3.05, 3.63) is 23.8 Å². The van der Waals surface area contributed by atoms with Crippen molar-refractivity contribution < 1.29 is 28.2 Å². The molecule has 1 heterocycles. The lowest BCUT2D eigenvalue weighted by molar-refractivity contribution is -0.148. The lowest BCUT2D eigenvalue weighted by atomic mass is 9.47. The van der Waals surface area contributed by atoms with Crippen molar-refractivity contribution in [2.24, 2.45) is 28.6 Å². The lowest BCUT2D eigenvalue weighted by Crippen LogP contribution is -2.59. The minimum Gasteiger partial charge on any atom is -0.458 e. The molecule has 6 heteroatoms. The molecule has 1 saturated heterocycles. The van der Waals surface area contributed by atoms with E-state index in [1.807, 2.05) is 13.0 Å². The summed E-state index contributed by atoms with van der Waals surface area (Å²) in [5, 5.41) is 0. The van der Waals surface area contributed by atoms with Crippen LogP contribution >= 0.6 is 0 Å². The Hall–Kier alpha value is -1.82. The number of hydrogen-bond donors (Lipinski definition) is 0. The molecule has 29 heavy (non-hydrogen) atoms. The van der Waals surface area contributed by atoms with Crippen LogP contribution < -0.4 is 0 Å². The number of allylic oxidation sites excluding steroid dienone is 2. The van der Waals surface area contributed by atoms with E-state index in [-0.39, 0.29) is 47.4 Å². The fourth-order valence-corrected chi connectivity index (χ4v) is 7.44. The largest absolute Gasteiger partial charge is 0.458 e. The summed E-state index contributed by atoms with van der Waals surface area (Å²) in [4.78, 5) is 35.9. The lowest BCUT2D eigenvalue weighted by Gasteiger charge is -2.55. The van der Waals surface area contributed by atoms with E-state index in [0.29, 0.717) is 12.0 Å². The zero-order valence-electron chi connectivity index (χ0n) is 17.1. The summed E-state index contributed by atoms with van der Waals surface area (Å²) in [6.45, 7) is 5.25. The van der Waals surface area contributed by atoms with E-state index < -0.39 is 23.2 Å². The highest BCUT2D eigenvalue weighted by Crippen LogP contribution is 2.75. The molecule has 8 atom stereocenters. The number of hydrogen-bond acceptors (Lipinski definition) is 5. The number of Topliss-reactive ketones (excluding diaryl/α,β-unsaturated/α-hetero) is 1. The minimum absolute atomic E-state index is 0.00720. The second kappa shape index (κ2) is 5.87. The zero-order valence-corrected chi connectivity index (χ0v) is 17.1. The number of fused-ring (bicyclic) bond motifs is 3. The van der Waals surface area contributed by atoms with Crippen LogP contribution in [0.5, 0.6) is 0 Å². The predicted molar refractivity (Wildman–Crippen MR) is 102 cm³/mol. The van der Waals surface area contributed by atoms with E-state index in [1.165, 1.54) is 13.0 Å². The number of carbonyl (C=O) groups is 3. The molecule has 4 aliphatic carbocycles. The molecule has 1 spiro atoms. The third-order valence-corrected chi connectivity index (χ3v) is 8.72. The number of halogens is 1. The molecule has 0 aromatic carbocycles. The Kier molecular flexibility index (Phi) is 3.88. The molecule has 0 radical (unpaired) electrons. The number of ether oxygens (including phenoxy) is 2. The molecular weight excluding hydrogens is 375 g/mol. The first-order valence-electron chi connectivity index (χ1n) is 10.6. The van der Waals surface area contributed by atoms with Crippen molar-refractivity contribution in [1.29, 1.82) is 0 Å². The summed E-state index contributed by atoms with van der Waals surface area (Å²) in [7, 11) is 0. The van der Waals surface area contributed by atoms with Gasteiger partial charge in [-0.15, -0.1) is 0 Å². The van der Waals surface area contributed by atoms with E-state index in [4.69, 9.17) is 9.47 Å². The molecule has 4 fully saturated rings. The van der Waals surface area contributed by atoms with Gasteiger partial charge in [-0.1, -0.05) is 13.0 Å². The highest BCUT2D eigenvalue weighted by Gasteiger charge is 2.80. The zero-order chi connectivity index (χ0) is 20.8. The molecule has 3 saturated carbocycles. The van der Waals surface area contributed by atoms with Crippen LogP contribution in [0.4, 0.5) is 4.39 Å². The Bertz CT molecular complexity index is 876. The van der Waals surface area contributed by atoms with Crippen LogP contribution in [0.2, 0.25) is 0 Å². The third-order valence-electron chi connectivity index (χ3n) is 8.72. The number of esters is 1. The van der Waals surface area contributed by atoms with E-state index in [2.05, 4.69) is 6.92 Å². The van der Waals surface area contributed by atoms with Gasteiger partial charge in [0.2, 0.25) is 0 Å². The summed E-state index contributed by atoms with van der Waals surface area (Å²) in [5.74, 6) is -0.668. The second-order valence-corrected chi connectivity index (χ2v) is 9.94. The maximum Gasteiger partial charge on any atom is 0.303 e. The Labute approximate surface area is 169 Å². The van der Waals surface area contributed by atoms with Crippen molar-refractivity contribution in [1.82, 2.24) is 0 Å². The first-order chi connectivity index (χ1) is 13.6. The van der Waals surface area contributed by atoms with E-state index in [1.54, 1.807) is 6.08 Å². The first-order valence-corrected chi connectivity index (χ1v) is 10.6. The van der Waals surface area contributed by atoms with Gasteiger partial charge in [0.05, 0.1) is 6.10 Å². The fourth-order valence-electron chi connectivity index (χ4n) is 7.44. The molecule has 0 amide bonds. The maximum atomic E-state index is 15.3. The molecule has 5 nitrogen and oxygen atoms in total. The van der Waals surface area contributed by atoms with Crippen LogP contribution in [0.15, 0.2) is 23.8 Å². The average Bonchev–Trinajstić information content (AvgIpc) is 3.27. The SMILES string of the molecule is CC(=O)OCC(=O)[C@H]1CC[C@H]2[C@@H]3CC(F)C4=CC(=O)C=C[C@]4(C)[C@]34OC4C[C@]12C. The molecule has 0 aromatic rings. The Morgan fingerprint density at radius 1 is 1.28 bits per heavy atom. The number of ketones is 2. The van der Waals surface area contributed by atoms with Crippen molar-refractivity contribution in [2.75, 3.05) is 6.61 Å². The van der Waals surface area contributed by atoms with Gasteiger partial charge in [-0.3, -0.25) is 14.4 Å². The number of epoxide rings is 1. The van der Waals surface area contributed by atoms with Crippen LogP contribution in [-0.2, 0) is 23.9 Å². The highest BCUT2D eigenvalue weighted by atomic mass is 19.1. The molecule has 2 unspecified atom stereocenters. The molecule has 1 aliphatic heterocycles. The number of alkyl halides is 1. The van der Waals surface area contributed by atoms with Gasteiger partial charge < -0.3 is 9.47 Å². The van der Waals surface area contributed by atoms with E-state index >= 15 is 4.39 Å². The van der Waals surface area contributed by atoms with Crippen LogP contribution in [-0.4, -0.2) is 42.0 Å². The van der Waals surface area contributed by atoms with Gasteiger partial charge in [-0.2, -0.15) is 0 Å². The first kappa shape index (κ1) is 19.2. The van der Waals surface area contributed by atoms with Crippen molar-refractivity contribution >= 4 is 17.5 Å². The maximum absolute atomic E-state index is 15.3. The minimum atomic E-state index is -1.17. The quantitative estimate of drug-likeness (QED) is 0.536. The van der Waals surface area contributed by atoms with Gasteiger partial charge in [0.25, 0.3) is 0 Å². The summed E-state index contributed by atoms with van der Waals surface area (Å²) in [5.41, 5.74) is -0.822. The Balaban J connectivity index is 1.48. The molecule has 0 N–H and O–H groups in total. The van der Waals surface area contributed by atoms with Gasteiger partial charge in [0.1, 0.15) is 18.4 Å². The Morgan fingerprint density at radius 3 is 2.76 bits per heavy atom. The summed E-state index contributed by atoms with van der Waals surface area (Å²) < 4.78 is 26.7. The summed E-state index contributed by atoms with van der Waals surface area (Å²) in [6.07, 6.45) is 6.30. The molecule has 5 rings (SSSR count). The van der Waals surface area contributed by atoms with Crippen LogP contribution in [0.1, 0.15) is 46.5 Å². The molecular formula is C23H27FO5. The van der Waals surface area contributed by atoms with E-state index in [9.17, 15) is 14.4 Å². The topological polar surface area (TPSA) is 73.0 Å². The smallest absolute Gasteiger partial charge is 0.303 e. The Morgan fingerprint density at radius 2 is 2.03 bits per heavy atom. The molecule has 0 aromatic heterocycles. The van der Waals surface area contributed by atoms with Crippen LogP contribution in [0.3, 0.4) is 0 Å². The average molecular weight is 402 g/mol. The standard InChI is InChI=1S/C23H27FO5/c1-12(25)28-11-19(27)15-5-4-14-16-9-18(24)17-8-13(26)6-7-22(17,3)23(16)20(29-23)10-21(14,15)2/h6-8,14-16,18,20H,4-5,9-11H2,1-3H3/t14-,15+,16-,18?,20?,21-,22-,23-/m0/s1. The third kappa shape index (κ3) is 2.32. The van der Waals surface area contributed by atoms with Gasteiger partial charge in [-0.25, -0.2) is 4.39 Å². The summed E-state index contributed by atoms with van der Waals surface area (Å²) >= 11 is 0. The second-order valence-electron chi connectivity index (χ2n) is 9.94. The molecule has 0 bridgehead atoms. The fraction of sp³-hybridized carbons (Fsp3) is 0.696.